The Kier molecular flexibility index (Phi) is 49.0. The summed E-state index contributed by atoms with van der Waals surface area (Å²) >= 11 is 0. The molecule has 17 atom stereocenters. The van der Waals surface area contributed by atoms with Crippen LogP contribution in [-0.2, 0) is 33.2 Å². The van der Waals surface area contributed by atoms with Crippen LogP contribution in [0.1, 0.15) is 290 Å². The van der Waals surface area contributed by atoms with Crippen LogP contribution in [0, 0.1) is 0 Å². The first-order valence-electron chi connectivity index (χ1n) is 36.6. The van der Waals surface area contributed by atoms with Gasteiger partial charge >= 0.3 is 0 Å². The van der Waals surface area contributed by atoms with E-state index >= 15 is 0 Å². The molecule has 3 heterocycles. The third kappa shape index (κ3) is 34.8. The van der Waals surface area contributed by atoms with Crippen molar-refractivity contribution in [1.29, 1.82) is 0 Å². The van der Waals surface area contributed by atoms with E-state index in [-0.39, 0.29) is 18.9 Å². The van der Waals surface area contributed by atoms with Gasteiger partial charge in [0, 0.05) is 6.42 Å². The van der Waals surface area contributed by atoms with Crippen LogP contribution < -0.4 is 5.32 Å². The zero-order valence-electron chi connectivity index (χ0n) is 56.1. The van der Waals surface area contributed by atoms with E-state index in [1.165, 1.54) is 205 Å². The van der Waals surface area contributed by atoms with E-state index in [4.69, 9.17) is 28.4 Å². The van der Waals surface area contributed by atoms with Crippen LogP contribution in [0.3, 0.4) is 0 Å². The molecule has 3 aliphatic heterocycles. The Balaban J connectivity index is 1.41. The van der Waals surface area contributed by atoms with Gasteiger partial charge in [0.25, 0.3) is 0 Å². The topological polar surface area (TPSA) is 307 Å². The van der Waals surface area contributed by atoms with Gasteiger partial charge in [-0.1, -0.05) is 263 Å². The van der Waals surface area contributed by atoms with Crippen LogP contribution in [0.4, 0.5) is 0 Å². The van der Waals surface area contributed by atoms with Crippen LogP contribution in [-0.4, -0.2) is 193 Å². The van der Waals surface area contributed by atoms with Crippen LogP contribution >= 0.6 is 0 Å². The van der Waals surface area contributed by atoms with Crippen LogP contribution in [0.15, 0.2) is 24.3 Å². The molecule has 12 N–H and O–H groups in total. The summed E-state index contributed by atoms with van der Waals surface area (Å²) in [5, 5.41) is 121. The van der Waals surface area contributed by atoms with Crippen LogP contribution in [0.2, 0.25) is 0 Å². The fraction of sp³-hybridized carbons (Fsp3) is 0.930. The van der Waals surface area contributed by atoms with E-state index in [0.717, 1.165) is 57.8 Å². The Morgan fingerprint density at radius 1 is 0.389 bits per heavy atom. The van der Waals surface area contributed by atoms with Gasteiger partial charge in [-0.2, -0.15) is 0 Å². The van der Waals surface area contributed by atoms with Crippen molar-refractivity contribution in [3.63, 3.8) is 0 Å². The predicted molar refractivity (Wildman–Crippen MR) is 351 cm³/mol. The molecule has 1 amide bonds. The van der Waals surface area contributed by atoms with Crippen molar-refractivity contribution in [2.75, 3.05) is 26.4 Å². The number of amides is 1. The smallest absolute Gasteiger partial charge is 0.220 e. The van der Waals surface area contributed by atoms with E-state index < -0.39 is 124 Å². The number of unbranched alkanes of at least 4 members (excludes halogenated alkanes) is 39. The molecule has 0 spiro atoms. The lowest BCUT2D eigenvalue weighted by molar-refractivity contribution is -0.379. The van der Waals surface area contributed by atoms with E-state index in [9.17, 15) is 61.0 Å². The number of hydrogen-bond donors (Lipinski definition) is 12. The fourth-order valence-corrected chi connectivity index (χ4v) is 12.5. The molecule has 0 aromatic heterocycles. The largest absolute Gasteiger partial charge is 0.394 e. The van der Waals surface area contributed by atoms with Crippen LogP contribution in [0.5, 0.6) is 0 Å². The summed E-state index contributed by atoms with van der Waals surface area (Å²) in [6, 6.07) is -0.974. The molecule has 0 saturated carbocycles. The molecule has 19 nitrogen and oxygen atoms in total. The Morgan fingerprint density at radius 3 is 1.08 bits per heavy atom. The van der Waals surface area contributed by atoms with Crippen molar-refractivity contribution in [1.82, 2.24) is 5.32 Å². The van der Waals surface area contributed by atoms with Gasteiger partial charge < -0.3 is 89.9 Å². The summed E-state index contributed by atoms with van der Waals surface area (Å²) in [7, 11) is 0. The average molecular weight is 1290 g/mol. The molecule has 3 fully saturated rings. The second-order valence-corrected chi connectivity index (χ2v) is 26.4. The summed E-state index contributed by atoms with van der Waals surface area (Å²) < 4.78 is 34.4. The van der Waals surface area contributed by atoms with Gasteiger partial charge in [-0.05, 0) is 44.9 Å². The van der Waals surface area contributed by atoms with Gasteiger partial charge in [0.1, 0.15) is 73.2 Å². The van der Waals surface area contributed by atoms with Crippen molar-refractivity contribution >= 4 is 5.91 Å². The number of aliphatic hydroxyl groups is 11. The number of carbonyl (C=O) groups is 1. The molecular weight excluding hydrogens is 1150 g/mol. The molecule has 3 saturated heterocycles. The number of aliphatic hydroxyl groups excluding tert-OH is 11. The lowest BCUT2D eigenvalue weighted by Crippen LogP contribution is -2.66. The Bertz CT molecular complexity index is 1730. The lowest BCUT2D eigenvalue weighted by Gasteiger charge is -2.48. The average Bonchev–Trinajstić information content (AvgIpc) is 0.847. The maximum atomic E-state index is 13.4. The highest BCUT2D eigenvalue weighted by Crippen LogP contribution is 2.33. The third-order valence-electron chi connectivity index (χ3n) is 18.5. The molecule has 17 unspecified atom stereocenters. The van der Waals surface area contributed by atoms with Gasteiger partial charge in [0.05, 0.1) is 38.6 Å². The zero-order chi connectivity index (χ0) is 65.4. The Morgan fingerprint density at radius 2 is 0.700 bits per heavy atom. The minimum atomic E-state index is -1.98. The van der Waals surface area contributed by atoms with E-state index in [0.29, 0.717) is 6.42 Å². The summed E-state index contributed by atoms with van der Waals surface area (Å²) in [6.45, 7) is 1.76. The second-order valence-electron chi connectivity index (χ2n) is 26.4. The molecule has 0 radical (unpaired) electrons. The second kappa shape index (κ2) is 53.4. The minimum Gasteiger partial charge on any atom is -0.394 e. The number of carbonyl (C=O) groups excluding carboxylic acids is 1. The van der Waals surface area contributed by atoms with Gasteiger partial charge in [-0.15, -0.1) is 0 Å². The normalized spacial score (nSPS) is 28.1. The van der Waals surface area contributed by atoms with Gasteiger partial charge in [0.2, 0.25) is 5.91 Å². The maximum Gasteiger partial charge on any atom is 0.220 e. The first-order chi connectivity index (χ1) is 43.8. The van der Waals surface area contributed by atoms with Crippen molar-refractivity contribution in [2.24, 2.45) is 0 Å². The van der Waals surface area contributed by atoms with Gasteiger partial charge in [-0.3, -0.25) is 4.79 Å². The molecular formula is C71H133NO18. The standard InChI is InChI=1S/C71H133NO18/c1-3-5-7-9-11-13-15-17-19-21-22-23-24-25-26-27-28-29-30-31-33-34-36-38-40-42-44-46-48-55(76)54(72-59(77)49-47-45-43-41-39-37-35-32-20-18-16-14-12-10-8-6-4-2)53-85-69-65(83)62(80)67(57(51-74)87-69)90-71-66(84)63(81)68(58(52-75)88-71)89-70-64(82)61(79)60(78)56(50-73)86-70/h18,20,46,48,54-58,60-71,73-76,78-84H,3-17,19,21-45,47,49-53H2,1-2H3,(H,72,77)/b20-18-,48-46+. The number of rotatable bonds is 57. The fourth-order valence-electron chi connectivity index (χ4n) is 12.5. The zero-order valence-corrected chi connectivity index (χ0v) is 56.1. The third-order valence-corrected chi connectivity index (χ3v) is 18.5. The molecule has 0 aliphatic carbocycles. The Labute approximate surface area is 543 Å². The van der Waals surface area contributed by atoms with Crippen molar-refractivity contribution in [2.45, 2.75) is 394 Å². The van der Waals surface area contributed by atoms with Gasteiger partial charge in [-0.25, -0.2) is 0 Å². The summed E-state index contributed by atoms with van der Waals surface area (Å²) in [5.74, 6) is -0.277. The van der Waals surface area contributed by atoms with Crippen molar-refractivity contribution in [3.05, 3.63) is 24.3 Å². The highest BCUT2D eigenvalue weighted by molar-refractivity contribution is 5.76. The molecule has 3 rings (SSSR count). The summed E-state index contributed by atoms with van der Waals surface area (Å²) in [5.41, 5.74) is 0. The number of ether oxygens (including phenoxy) is 6. The number of allylic oxidation sites excluding steroid dienone is 3. The molecule has 3 aliphatic rings. The predicted octanol–water partition coefficient (Wildman–Crippen LogP) is 10.2. The maximum absolute atomic E-state index is 13.4. The van der Waals surface area contributed by atoms with E-state index in [1.807, 2.05) is 6.08 Å². The molecule has 19 heteroatoms. The molecule has 0 bridgehead atoms. The Hall–Kier alpha value is -1.73. The highest BCUT2D eigenvalue weighted by Gasteiger charge is 2.53. The van der Waals surface area contributed by atoms with E-state index in [2.05, 4.69) is 31.3 Å². The first-order valence-corrected chi connectivity index (χ1v) is 36.6. The summed E-state index contributed by atoms with van der Waals surface area (Å²) in [6.07, 6.45) is 34.5. The molecule has 530 valence electrons. The van der Waals surface area contributed by atoms with Crippen molar-refractivity contribution in [3.8, 4) is 0 Å². The monoisotopic (exact) mass is 1290 g/mol. The highest BCUT2D eigenvalue weighted by atomic mass is 16.8. The molecule has 0 aromatic carbocycles. The number of nitrogens with one attached hydrogen (secondary N) is 1. The van der Waals surface area contributed by atoms with E-state index in [1.54, 1.807) is 6.08 Å². The minimum absolute atomic E-state index is 0.240. The number of hydrogen-bond acceptors (Lipinski definition) is 18. The first kappa shape index (κ1) is 82.5. The molecule has 0 aromatic rings. The molecule has 90 heavy (non-hydrogen) atoms. The van der Waals surface area contributed by atoms with Crippen LogP contribution in [0.25, 0.3) is 0 Å². The summed E-state index contributed by atoms with van der Waals surface area (Å²) in [4.78, 5) is 13.4. The van der Waals surface area contributed by atoms with Gasteiger partial charge in [0.15, 0.2) is 18.9 Å². The lowest BCUT2D eigenvalue weighted by atomic mass is 9.96. The van der Waals surface area contributed by atoms with Crippen molar-refractivity contribution < 1.29 is 89.4 Å². The quantitative estimate of drug-likeness (QED) is 0.0199. The SMILES string of the molecule is CCCCCCCC/C=C\CCCCCCCCCC(=O)NC(COC1OC(CO)C(OC2OC(CO)C(OC3OC(CO)C(O)C(O)C3O)C(O)C2O)C(O)C1O)C(O)/C=C/CCCCCCCCCCCCCCCCCCCCCCCCCCCC.